The van der Waals surface area contributed by atoms with Gasteiger partial charge in [0.05, 0.1) is 0 Å². The van der Waals surface area contributed by atoms with Gasteiger partial charge in [0, 0.05) is 10.6 Å². The molecule has 1 heterocycles. The van der Waals surface area contributed by atoms with Crippen molar-refractivity contribution in [2.24, 2.45) is 5.92 Å². The van der Waals surface area contributed by atoms with Crippen LogP contribution >= 0.6 is 11.6 Å². The smallest absolute Gasteiger partial charge is 0.340 e. The summed E-state index contributed by atoms with van der Waals surface area (Å²) >= 11 is 5.75. The van der Waals surface area contributed by atoms with E-state index in [0.29, 0.717) is 5.02 Å². The molecule has 26 heavy (non-hydrogen) atoms. The van der Waals surface area contributed by atoms with Crippen molar-refractivity contribution in [3.05, 3.63) is 40.7 Å². The lowest BCUT2D eigenvalue weighted by Gasteiger charge is -2.21. The van der Waals surface area contributed by atoms with Crippen LogP contribution in [0.2, 0.25) is 5.02 Å². The molecule has 0 fully saturated rings. The Balaban J connectivity index is 2.08. The molecule has 140 valence electrons. The molecule has 0 saturated carbocycles. The molecular formula is C15H15ClF3N5O2. The number of nitrogens with one attached hydrogen (secondary N) is 3. The van der Waals surface area contributed by atoms with Crippen molar-refractivity contribution in [3.63, 3.8) is 0 Å². The minimum atomic E-state index is -4.71. The fourth-order valence-electron chi connectivity index (χ4n) is 1.99. The molecule has 1 unspecified atom stereocenters. The van der Waals surface area contributed by atoms with Gasteiger partial charge in [-0.15, -0.1) is 5.10 Å². The van der Waals surface area contributed by atoms with Gasteiger partial charge in [-0.1, -0.05) is 25.4 Å². The maximum Gasteiger partial charge on any atom is 0.451 e. The van der Waals surface area contributed by atoms with Crippen LogP contribution in [0.4, 0.5) is 19.1 Å². The van der Waals surface area contributed by atoms with Gasteiger partial charge in [0.25, 0.3) is 5.91 Å². The van der Waals surface area contributed by atoms with Crippen molar-refractivity contribution in [2.75, 3.05) is 5.32 Å². The number of alkyl halides is 3. The molecule has 0 saturated heterocycles. The topological polar surface area (TPSA) is 99.8 Å². The van der Waals surface area contributed by atoms with Crippen LogP contribution in [0.15, 0.2) is 24.3 Å². The van der Waals surface area contributed by atoms with Crippen LogP contribution in [0.3, 0.4) is 0 Å². The summed E-state index contributed by atoms with van der Waals surface area (Å²) in [6.07, 6.45) is -4.71. The van der Waals surface area contributed by atoms with E-state index in [-0.39, 0.29) is 11.5 Å². The first-order valence-electron chi connectivity index (χ1n) is 7.45. The van der Waals surface area contributed by atoms with Gasteiger partial charge in [-0.05, 0) is 30.2 Å². The molecule has 1 aromatic heterocycles. The van der Waals surface area contributed by atoms with Crippen LogP contribution in [-0.4, -0.2) is 33.0 Å². The number of carbonyl (C=O) groups excluding carboxylic acids is 2. The van der Waals surface area contributed by atoms with Gasteiger partial charge in [0.15, 0.2) is 0 Å². The molecule has 2 aromatic rings. The van der Waals surface area contributed by atoms with E-state index in [1.54, 1.807) is 18.9 Å². The number of carbonyl (C=O) groups is 2. The van der Waals surface area contributed by atoms with Crippen molar-refractivity contribution in [1.29, 1.82) is 0 Å². The van der Waals surface area contributed by atoms with Gasteiger partial charge in [-0.2, -0.15) is 18.2 Å². The summed E-state index contributed by atoms with van der Waals surface area (Å²) < 4.78 is 37.5. The average Bonchev–Trinajstić information content (AvgIpc) is 3.01. The molecule has 3 N–H and O–H groups in total. The number of amides is 2. The summed E-state index contributed by atoms with van der Waals surface area (Å²) in [5, 5.41) is 10.1. The largest absolute Gasteiger partial charge is 0.451 e. The predicted molar refractivity (Wildman–Crippen MR) is 87.6 cm³/mol. The molecule has 1 atom stereocenters. The minimum Gasteiger partial charge on any atom is -0.340 e. The highest BCUT2D eigenvalue weighted by atomic mass is 35.5. The number of aromatic nitrogens is 3. The second-order valence-corrected chi connectivity index (χ2v) is 6.13. The number of aromatic amines is 1. The summed E-state index contributed by atoms with van der Waals surface area (Å²) in [4.78, 5) is 27.7. The normalized spacial score (nSPS) is 12.7. The van der Waals surface area contributed by atoms with E-state index in [1.807, 2.05) is 0 Å². The molecule has 0 radical (unpaired) electrons. The summed E-state index contributed by atoms with van der Waals surface area (Å²) in [6.45, 7) is 3.34. The lowest BCUT2D eigenvalue weighted by atomic mass is 10.0. The number of nitrogens with zero attached hydrogens (tertiary/aromatic N) is 2. The number of H-pyrrole nitrogens is 1. The number of benzene rings is 1. The molecule has 0 aliphatic rings. The zero-order chi connectivity index (χ0) is 19.5. The van der Waals surface area contributed by atoms with Crippen LogP contribution in [0.25, 0.3) is 0 Å². The molecule has 0 aliphatic carbocycles. The zero-order valence-electron chi connectivity index (χ0n) is 13.7. The molecule has 2 rings (SSSR count). The van der Waals surface area contributed by atoms with Gasteiger partial charge in [0.2, 0.25) is 17.7 Å². The Morgan fingerprint density at radius 3 is 2.31 bits per heavy atom. The lowest BCUT2D eigenvalue weighted by Crippen LogP contribution is -2.47. The first-order chi connectivity index (χ1) is 12.1. The van der Waals surface area contributed by atoms with Gasteiger partial charge in [-0.3, -0.25) is 20.0 Å². The quantitative estimate of drug-likeness (QED) is 0.732. The Bertz CT molecular complexity index is 789. The molecular weight excluding hydrogens is 375 g/mol. The fourth-order valence-corrected chi connectivity index (χ4v) is 2.12. The van der Waals surface area contributed by atoms with Crippen LogP contribution in [0, 0.1) is 5.92 Å². The first-order valence-corrected chi connectivity index (χ1v) is 7.82. The second kappa shape index (κ2) is 7.73. The van der Waals surface area contributed by atoms with Crippen LogP contribution < -0.4 is 10.6 Å². The molecule has 7 nitrogen and oxygen atoms in total. The molecule has 2 amide bonds. The van der Waals surface area contributed by atoms with Crippen LogP contribution in [0.1, 0.15) is 30.0 Å². The molecule has 0 bridgehead atoms. The maximum absolute atomic E-state index is 12.5. The van der Waals surface area contributed by atoms with Crippen molar-refractivity contribution >= 4 is 29.4 Å². The number of halogens is 4. The molecule has 1 aromatic carbocycles. The highest BCUT2D eigenvalue weighted by molar-refractivity contribution is 6.30. The van der Waals surface area contributed by atoms with Crippen LogP contribution in [0.5, 0.6) is 0 Å². The van der Waals surface area contributed by atoms with Crippen molar-refractivity contribution in [3.8, 4) is 0 Å². The standard InChI is InChI=1S/C15H15ClF3N5O2/c1-7(2)10(20-11(25)8-3-5-9(16)6-4-8)12(26)21-14-22-13(23-24-14)15(17,18)19/h3-7,10H,1-2H3,(H,20,25)(H2,21,22,23,24,26). The fraction of sp³-hybridized carbons (Fsp3) is 0.333. The number of hydrogen-bond acceptors (Lipinski definition) is 4. The maximum atomic E-state index is 12.5. The van der Waals surface area contributed by atoms with Crippen molar-refractivity contribution in [2.45, 2.75) is 26.1 Å². The summed E-state index contributed by atoms with van der Waals surface area (Å²) in [7, 11) is 0. The zero-order valence-corrected chi connectivity index (χ0v) is 14.4. The molecule has 11 heteroatoms. The Morgan fingerprint density at radius 2 is 1.81 bits per heavy atom. The first kappa shape index (κ1) is 19.7. The minimum absolute atomic E-state index is 0.283. The van der Waals surface area contributed by atoms with Gasteiger partial charge >= 0.3 is 6.18 Å². The summed E-state index contributed by atoms with van der Waals surface area (Å²) in [6, 6.07) is 5.00. The van der Waals surface area contributed by atoms with Crippen molar-refractivity contribution < 1.29 is 22.8 Å². The van der Waals surface area contributed by atoms with Gasteiger partial charge in [-0.25, -0.2) is 0 Å². The monoisotopic (exact) mass is 389 g/mol. The van der Waals surface area contributed by atoms with Gasteiger partial charge in [0.1, 0.15) is 6.04 Å². The SMILES string of the molecule is CC(C)C(NC(=O)c1ccc(Cl)cc1)C(=O)Nc1n[nH]c(C(F)(F)F)n1. The molecule has 0 spiro atoms. The van der Waals surface area contributed by atoms with E-state index < -0.39 is 35.8 Å². The van der Waals surface area contributed by atoms with E-state index in [0.717, 1.165) is 0 Å². The third-order valence-electron chi connectivity index (χ3n) is 3.33. The Morgan fingerprint density at radius 1 is 1.19 bits per heavy atom. The second-order valence-electron chi connectivity index (χ2n) is 5.70. The highest BCUT2D eigenvalue weighted by Crippen LogP contribution is 2.26. The van der Waals surface area contributed by atoms with E-state index in [1.165, 1.54) is 24.3 Å². The van der Waals surface area contributed by atoms with Crippen molar-refractivity contribution in [1.82, 2.24) is 20.5 Å². The third-order valence-corrected chi connectivity index (χ3v) is 3.58. The highest BCUT2D eigenvalue weighted by Gasteiger charge is 2.35. The van der Waals surface area contributed by atoms with E-state index in [4.69, 9.17) is 11.6 Å². The average molecular weight is 390 g/mol. The van der Waals surface area contributed by atoms with E-state index in [2.05, 4.69) is 20.7 Å². The summed E-state index contributed by atoms with van der Waals surface area (Å²) in [5.41, 5.74) is 0.283. The Hall–Kier alpha value is -2.62. The Kier molecular flexibility index (Phi) is 5.86. The Labute approximate surface area is 151 Å². The predicted octanol–water partition coefficient (Wildman–Crippen LogP) is 2.87. The summed E-state index contributed by atoms with van der Waals surface area (Å²) in [5.74, 6) is -3.48. The van der Waals surface area contributed by atoms with Gasteiger partial charge < -0.3 is 5.32 Å². The number of anilines is 1. The van der Waals surface area contributed by atoms with E-state index in [9.17, 15) is 22.8 Å². The molecule has 0 aliphatic heterocycles. The van der Waals surface area contributed by atoms with E-state index >= 15 is 0 Å². The van der Waals surface area contributed by atoms with Crippen LogP contribution in [-0.2, 0) is 11.0 Å². The lowest BCUT2D eigenvalue weighted by molar-refractivity contribution is -0.144. The number of rotatable bonds is 5. The third kappa shape index (κ3) is 4.94. The number of hydrogen-bond donors (Lipinski definition) is 3.